The zero-order chi connectivity index (χ0) is 17.7. The van der Waals surface area contributed by atoms with Gasteiger partial charge in [0.05, 0.1) is 68.5 Å². The van der Waals surface area contributed by atoms with Gasteiger partial charge in [-0.3, -0.25) is 0 Å². The summed E-state index contributed by atoms with van der Waals surface area (Å²) in [7, 11) is 0. The molecule has 0 aliphatic carbocycles. The maximum absolute atomic E-state index is 10.1. The second kappa shape index (κ2) is 5.87. The Labute approximate surface area is 142 Å². The van der Waals surface area contributed by atoms with Crippen molar-refractivity contribution in [2.45, 2.75) is 56.0 Å². The molecule has 0 aromatic heterocycles. The quantitative estimate of drug-likeness (QED) is 0.447. The van der Waals surface area contributed by atoms with E-state index in [1.165, 1.54) is 0 Å². The van der Waals surface area contributed by atoms with Gasteiger partial charge in [-0.2, -0.15) is 0 Å². The third-order valence-corrected chi connectivity index (χ3v) is 5.76. The highest BCUT2D eigenvalue weighted by atomic mass is 16.6. The van der Waals surface area contributed by atoms with E-state index in [1.54, 1.807) is 0 Å². The molecule has 24 heavy (non-hydrogen) atoms. The number of ether oxygens (including phenoxy) is 4. The molecule has 3 fully saturated rings. The van der Waals surface area contributed by atoms with Crippen LogP contribution in [-0.2, 0) is 18.9 Å². The standard InChI is InChI=1S/C17H30O7/c1-13(9-21-13)4-17(5-14(2)10-22-14,16(6-18,7-19)8-20)24-12-15(3)11-23-15/h18-20H,4-12H2,1-3H3. The van der Waals surface area contributed by atoms with E-state index in [4.69, 9.17) is 18.9 Å². The molecule has 3 N–H and O–H groups in total. The van der Waals surface area contributed by atoms with Crippen molar-refractivity contribution >= 4 is 0 Å². The van der Waals surface area contributed by atoms with Crippen LogP contribution in [0.2, 0.25) is 0 Å². The van der Waals surface area contributed by atoms with Gasteiger partial charge < -0.3 is 34.3 Å². The molecule has 0 amide bonds. The van der Waals surface area contributed by atoms with Crippen molar-refractivity contribution in [2.75, 3.05) is 46.2 Å². The normalized spacial score (nSPS) is 40.2. The molecule has 3 saturated heterocycles. The summed E-state index contributed by atoms with van der Waals surface area (Å²) < 4.78 is 22.9. The molecule has 7 nitrogen and oxygen atoms in total. The van der Waals surface area contributed by atoms with E-state index in [0.717, 1.165) is 0 Å². The van der Waals surface area contributed by atoms with Crippen molar-refractivity contribution < 1.29 is 34.3 Å². The van der Waals surface area contributed by atoms with E-state index < -0.39 is 11.0 Å². The van der Waals surface area contributed by atoms with Crippen molar-refractivity contribution in [1.82, 2.24) is 0 Å². The molecule has 3 rings (SSSR count). The minimum Gasteiger partial charge on any atom is -0.395 e. The molecule has 0 bridgehead atoms. The van der Waals surface area contributed by atoms with E-state index in [0.29, 0.717) is 39.3 Å². The summed E-state index contributed by atoms with van der Waals surface area (Å²) in [5.41, 5.74) is -3.25. The SMILES string of the molecule is CC1(COC(CC2(C)CO2)(CC2(C)CO2)C(CO)(CO)CO)CO1. The fourth-order valence-electron chi connectivity index (χ4n) is 3.43. The van der Waals surface area contributed by atoms with Crippen LogP contribution in [0.5, 0.6) is 0 Å². The lowest BCUT2D eigenvalue weighted by atomic mass is 9.65. The van der Waals surface area contributed by atoms with Crippen LogP contribution in [0.4, 0.5) is 0 Å². The summed E-state index contributed by atoms with van der Waals surface area (Å²) >= 11 is 0. The third-order valence-electron chi connectivity index (χ3n) is 5.76. The topological polar surface area (TPSA) is 108 Å². The third kappa shape index (κ3) is 3.49. The second-order valence-electron chi connectivity index (χ2n) is 8.61. The first-order valence-corrected chi connectivity index (χ1v) is 8.56. The van der Waals surface area contributed by atoms with E-state index in [-0.39, 0.29) is 36.6 Å². The van der Waals surface area contributed by atoms with Gasteiger partial charge in [0, 0.05) is 12.8 Å². The highest BCUT2D eigenvalue weighted by Crippen LogP contribution is 2.52. The summed E-state index contributed by atoms with van der Waals surface area (Å²) in [6.45, 7) is 6.92. The molecule has 3 unspecified atom stereocenters. The van der Waals surface area contributed by atoms with E-state index in [9.17, 15) is 15.3 Å². The summed E-state index contributed by atoms with van der Waals surface area (Å²) in [5, 5.41) is 30.2. The first-order valence-electron chi connectivity index (χ1n) is 8.56. The number of rotatable bonds is 11. The summed E-state index contributed by atoms with van der Waals surface area (Å²) in [6, 6.07) is 0. The molecule has 140 valence electrons. The Bertz CT molecular complexity index is 433. The average Bonchev–Trinajstić information content (AvgIpc) is 3.47. The molecule has 0 radical (unpaired) electrons. The number of hydrogen-bond donors (Lipinski definition) is 3. The Morgan fingerprint density at radius 1 is 0.792 bits per heavy atom. The van der Waals surface area contributed by atoms with E-state index >= 15 is 0 Å². The van der Waals surface area contributed by atoms with Crippen LogP contribution in [0.1, 0.15) is 33.6 Å². The van der Waals surface area contributed by atoms with Gasteiger partial charge in [-0.1, -0.05) is 0 Å². The minimum atomic E-state index is -1.19. The van der Waals surface area contributed by atoms with Gasteiger partial charge in [0.25, 0.3) is 0 Å². The van der Waals surface area contributed by atoms with Crippen LogP contribution in [0.3, 0.4) is 0 Å². The monoisotopic (exact) mass is 346 g/mol. The Morgan fingerprint density at radius 3 is 1.46 bits per heavy atom. The molecule has 3 atom stereocenters. The first kappa shape index (κ1) is 18.5. The van der Waals surface area contributed by atoms with Crippen LogP contribution in [0.15, 0.2) is 0 Å². The molecule has 7 heteroatoms. The Morgan fingerprint density at radius 2 is 1.17 bits per heavy atom. The molecule has 0 saturated carbocycles. The Kier molecular flexibility index (Phi) is 4.53. The van der Waals surface area contributed by atoms with Gasteiger partial charge in [0.2, 0.25) is 0 Å². The van der Waals surface area contributed by atoms with Gasteiger partial charge in [0.1, 0.15) is 5.60 Å². The molecule has 3 heterocycles. The maximum Gasteiger partial charge on any atom is 0.112 e. The number of hydrogen-bond acceptors (Lipinski definition) is 7. The van der Waals surface area contributed by atoms with Crippen molar-refractivity contribution in [3.8, 4) is 0 Å². The maximum atomic E-state index is 10.1. The largest absolute Gasteiger partial charge is 0.395 e. The predicted molar refractivity (Wildman–Crippen MR) is 84.7 cm³/mol. The van der Waals surface area contributed by atoms with Gasteiger partial charge >= 0.3 is 0 Å². The fourth-order valence-corrected chi connectivity index (χ4v) is 3.43. The van der Waals surface area contributed by atoms with E-state index in [2.05, 4.69) is 0 Å². The lowest BCUT2D eigenvalue weighted by Crippen LogP contribution is -2.60. The van der Waals surface area contributed by atoms with Crippen LogP contribution < -0.4 is 0 Å². The molecular weight excluding hydrogens is 316 g/mol. The van der Waals surface area contributed by atoms with Gasteiger partial charge in [-0.15, -0.1) is 0 Å². The molecule has 3 aliphatic rings. The van der Waals surface area contributed by atoms with Crippen LogP contribution in [-0.4, -0.2) is 84.0 Å². The molecule has 0 spiro atoms. The summed E-state index contributed by atoms with van der Waals surface area (Å²) in [5.74, 6) is 0. The van der Waals surface area contributed by atoms with Crippen molar-refractivity contribution in [3.05, 3.63) is 0 Å². The smallest absolute Gasteiger partial charge is 0.112 e. The summed E-state index contributed by atoms with van der Waals surface area (Å²) in [6.07, 6.45) is 0.938. The number of aliphatic hydroxyl groups is 3. The van der Waals surface area contributed by atoms with Crippen molar-refractivity contribution in [3.63, 3.8) is 0 Å². The minimum absolute atomic E-state index is 0.334. The Balaban J connectivity index is 1.92. The lowest BCUT2D eigenvalue weighted by Gasteiger charge is -2.49. The highest BCUT2D eigenvalue weighted by Gasteiger charge is 2.62. The highest BCUT2D eigenvalue weighted by molar-refractivity contribution is 5.11. The zero-order valence-electron chi connectivity index (χ0n) is 14.8. The second-order valence-corrected chi connectivity index (χ2v) is 8.61. The molecule has 0 aromatic carbocycles. The average molecular weight is 346 g/mol. The van der Waals surface area contributed by atoms with Crippen LogP contribution >= 0.6 is 0 Å². The lowest BCUT2D eigenvalue weighted by molar-refractivity contribution is -0.209. The van der Waals surface area contributed by atoms with Gasteiger partial charge in [-0.05, 0) is 20.8 Å². The molecular formula is C17H30O7. The van der Waals surface area contributed by atoms with Crippen molar-refractivity contribution in [1.29, 1.82) is 0 Å². The number of aliphatic hydroxyl groups excluding tert-OH is 3. The number of epoxide rings is 3. The Hall–Kier alpha value is -0.280. The molecule has 0 aromatic rings. The van der Waals surface area contributed by atoms with E-state index in [1.807, 2.05) is 20.8 Å². The van der Waals surface area contributed by atoms with Gasteiger partial charge in [-0.25, -0.2) is 0 Å². The first-order chi connectivity index (χ1) is 11.2. The molecule has 3 aliphatic heterocycles. The van der Waals surface area contributed by atoms with Crippen LogP contribution in [0, 0.1) is 5.41 Å². The van der Waals surface area contributed by atoms with Crippen molar-refractivity contribution in [2.24, 2.45) is 5.41 Å². The van der Waals surface area contributed by atoms with Crippen LogP contribution in [0.25, 0.3) is 0 Å². The summed E-state index contributed by atoms with van der Waals surface area (Å²) in [4.78, 5) is 0. The van der Waals surface area contributed by atoms with Gasteiger partial charge in [0.15, 0.2) is 0 Å². The predicted octanol–water partition coefficient (Wildman–Crippen LogP) is -0.148. The fraction of sp³-hybridized carbons (Fsp3) is 1.00. The zero-order valence-corrected chi connectivity index (χ0v) is 14.8.